The lowest BCUT2D eigenvalue weighted by molar-refractivity contribution is 0.413. The number of benzene rings is 1. The van der Waals surface area contributed by atoms with Gasteiger partial charge in [-0.2, -0.15) is 10.2 Å². The quantitative estimate of drug-likeness (QED) is 0.564. The Morgan fingerprint density at radius 3 is 2.39 bits per heavy atom. The summed E-state index contributed by atoms with van der Waals surface area (Å²) in [6.07, 6.45) is 1.60. The predicted molar refractivity (Wildman–Crippen MR) is 105 cm³/mol. The smallest absolute Gasteiger partial charge is 0.267 e. The van der Waals surface area contributed by atoms with Gasteiger partial charge in [0.25, 0.3) is 5.56 Å². The highest BCUT2D eigenvalue weighted by atomic mass is 16.5. The second kappa shape index (κ2) is 6.80. The number of hydrogen-bond donors (Lipinski definition) is 2. The molecule has 0 spiro atoms. The third-order valence-corrected chi connectivity index (χ3v) is 4.69. The number of aromatic amines is 2. The Morgan fingerprint density at radius 2 is 1.68 bits per heavy atom. The third kappa shape index (κ3) is 2.88. The first-order valence-corrected chi connectivity index (χ1v) is 8.71. The van der Waals surface area contributed by atoms with Gasteiger partial charge < -0.3 is 9.47 Å². The summed E-state index contributed by atoms with van der Waals surface area (Å²) in [4.78, 5) is 16.3. The maximum Gasteiger partial charge on any atom is 0.267 e. The van der Waals surface area contributed by atoms with Crippen molar-refractivity contribution in [2.45, 2.75) is 20.8 Å². The van der Waals surface area contributed by atoms with Crippen LogP contribution in [-0.2, 0) is 0 Å². The maximum atomic E-state index is 11.9. The van der Waals surface area contributed by atoms with Crippen molar-refractivity contribution in [2.24, 2.45) is 0 Å². The van der Waals surface area contributed by atoms with E-state index in [9.17, 15) is 4.79 Å². The Balaban J connectivity index is 1.70. The molecule has 0 atom stereocenters. The van der Waals surface area contributed by atoms with Crippen molar-refractivity contribution in [1.29, 1.82) is 0 Å². The van der Waals surface area contributed by atoms with E-state index in [1.54, 1.807) is 20.2 Å². The van der Waals surface area contributed by atoms with Gasteiger partial charge in [-0.3, -0.25) is 9.89 Å². The van der Waals surface area contributed by atoms with Crippen LogP contribution in [0.1, 0.15) is 17.0 Å². The number of aryl methyl sites for hydroxylation is 2. The molecule has 28 heavy (non-hydrogen) atoms. The summed E-state index contributed by atoms with van der Waals surface area (Å²) in [5, 5.41) is 14.5. The lowest BCUT2D eigenvalue weighted by Gasteiger charge is -2.11. The minimum Gasteiger partial charge on any atom is -0.493 e. The number of methoxy groups -OCH3 is 1. The lowest BCUT2D eigenvalue weighted by atomic mass is 10.0. The highest BCUT2D eigenvalue weighted by Crippen LogP contribution is 2.34. The van der Waals surface area contributed by atoms with E-state index in [-0.39, 0.29) is 5.56 Å². The molecule has 1 aromatic carbocycles. The zero-order valence-electron chi connectivity index (χ0n) is 16.0. The van der Waals surface area contributed by atoms with Crippen LogP contribution in [0.25, 0.3) is 22.0 Å². The zero-order chi connectivity index (χ0) is 19.8. The van der Waals surface area contributed by atoms with Crippen LogP contribution in [0.5, 0.6) is 17.4 Å². The molecule has 0 aliphatic carbocycles. The van der Waals surface area contributed by atoms with Crippen LogP contribution in [0.3, 0.4) is 0 Å². The lowest BCUT2D eigenvalue weighted by Crippen LogP contribution is -2.14. The van der Waals surface area contributed by atoms with Crippen LogP contribution in [0, 0.1) is 20.8 Å². The van der Waals surface area contributed by atoms with Gasteiger partial charge in [0.15, 0.2) is 5.75 Å². The number of rotatable bonds is 4. The molecule has 0 radical (unpaired) electrons. The van der Waals surface area contributed by atoms with Crippen LogP contribution < -0.4 is 15.0 Å². The molecule has 8 heteroatoms. The molecule has 3 heterocycles. The fourth-order valence-electron chi connectivity index (χ4n) is 3.24. The van der Waals surface area contributed by atoms with E-state index in [1.165, 1.54) is 0 Å². The second-order valence-electron chi connectivity index (χ2n) is 6.46. The molecule has 0 amide bonds. The van der Waals surface area contributed by atoms with Gasteiger partial charge in [0.05, 0.1) is 30.1 Å². The van der Waals surface area contributed by atoms with E-state index < -0.39 is 0 Å². The van der Waals surface area contributed by atoms with E-state index in [2.05, 4.69) is 25.4 Å². The minimum atomic E-state index is -0.193. The molecule has 142 valence electrons. The van der Waals surface area contributed by atoms with Crippen molar-refractivity contribution in [1.82, 2.24) is 25.4 Å². The Bertz CT molecular complexity index is 1230. The molecule has 0 saturated carbocycles. The molecule has 3 aromatic heterocycles. The topological polar surface area (TPSA) is 106 Å². The Hall–Kier alpha value is -3.68. The number of nitrogens with one attached hydrogen (secondary N) is 2. The van der Waals surface area contributed by atoms with Gasteiger partial charge in [0, 0.05) is 11.1 Å². The summed E-state index contributed by atoms with van der Waals surface area (Å²) in [5.74, 6) is 1.67. The number of ether oxygens (including phenoxy) is 2. The molecule has 8 nitrogen and oxygen atoms in total. The van der Waals surface area contributed by atoms with Gasteiger partial charge in [-0.1, -0.05) is 12.1 Å². The summed E-state index contributed by atoms with van der Waals surface area (Å²) >= 11 is 0. The van der Waals surface area contributed by atoms with Gasteiger partial charge in [0.1, 0.15) is 11.3 Å². The highest BCUT2D eigenvalue weighted by Gasteiger charge is 2.16. The Kier molecular flexibility index (Phi) is 4.31. The van der Waals surface area contributed by atoms with E-state index >= 15 is 0 Å². The molecule has 4 rings (SSSR count). The second-order valence-corrected chi connectivity index (χ2v) is 6.46. The van der Waals surface area contributed by atoms with Crippen molar-refractivity contribution in [2.75, 3.05) is 7.11 Å². The summed E-state index contributed by atoms with van der Waals surface area (Å²) in [6.45, 7) is 5.52. The van der Waals surface area contributed by atoms with Gasteiger partial charge in [-0.25, -0.2) is 10.1 Å². The average Bonchev–Trinajstić information content (AvgIpc) is 3.09. The largest absolute Gasteiger partial charge is 0.493 e. The molecular weight excluding hydrogens is 358 g/mol. The van der Waals surface area contributed by atoms with E-state index in [0.717, 1.165) is 33.4 Å². The zero-order valence-corrected chi connectivity index (χ0v) is 16.0. The number of H-pyrrole nitrogens is 2. The van der Waals surface area contributed by atoms with Crippen LogP contribution in [-0.4, -0.2) is 32.5 Å². The normalized spacial score (nSPS) is 11.0. The minimum absolute atomic E-state index is 0.193. The van der Waals surface area contributed by atoms with Gasteiger partial charge in [-0.15, -0.1) is 0 Å². The number of fused-ring (bicyclic) bond motifs is 1. The summed E-state index contributed by atoms with van der Waals surface area (Å²) in [7, 11) is 1.58. The third-order valence-electron chi connectivity index (χ3n) is 4.69. The molecule has 0 fully saturated rings. The molecular formula is C20H19N5O3. The molecule has 0 saturated heterocycles. The van der Waals surface area contributed by atoms with E-state index in [4.69, 9.17) is 9.47 Å². The maximum absolute atomic E-state index is 11.9. The molecule has 0 unspecified atom stereocenters. The first kappa shape index (κ1) is 17.7. The highest BCUT2D eigenvalue weighted by molar-refractivity contribution is 5.90. The molecule has 0 aliphatic heterocycles. The number of nitrogens with zero attached hydrogens (tertiary/aromatic N) is 3. The Labute approximate surface area is 160 Å². The fraction of sp³-hybridized carbons (Fsp3) is 0.200. The van der Waals surface area contributed by atoms with Crippen LogP contribution in [0.15, 0.2) is 35.3 Å². The summed E-state index contributed by atoms with van der Waals surface area (Å²) in [5.41, 5.74) is 4.43. The summed E-state index contributed by atoms with van der Waals surface area (Å²) < 4.78 is 11.3. The van der Waals surface area contributed by atoms with Crippen molar-refractivity contribution in [3.05, 3.63) is 57.8 Å². The number of hydrogen-bond acceptors (Lipinski definition) is 6. The van der Waals surface area contributed by atoms with Gasteiger partial charge in [0.2, 0.25) is 5.88 Å². The Morgan fingerprint density at radius 1 is 0.964 bits per heavy atom. The summed E-state index contributed by atoms with van der Waals surface area (Å²) in [6, 6.07) is 7.47. The van der Waals surface area contributed by atoms with Crippen molar-refractivity contribution >= 4 is 10.9 Å². The first-order valence-electron chi connectivity index (χ1n) is 8.71. The molecule has 4 aromatic rings. The van der Waals surface area contributed by atoms with E-state index in [0.29, 0.717) is 22.9 Å². The van der Waals surface area contributed by atoms with Gasteiger partial charge >= 0.3 is 0 Å². The number of pyridine rings is 1. The van der Waals surface area contributed by atoms with Crippen molar-refractivity contribution < 1.29 is 9.47 Å². The molecule has 0 aliphatic rings. The van der Waals surface area contributed by atoms with Crippen LogP contribution in [0.4, 0.5) is 0 Å². The fourth-order valence-corrected chi connectivity index (χ4v) is 3.24. The SMILES string of the molecule is COc1cnc(Oc2ccc(-c3c(C)n[nH]c(=O)c3C)cc2)c2c(C)n[nH]c12. The van der Waals surface area contributed by atoms with Crippen LogP contribution >= 0.6 is 0 Å². The molecule has 0 bridgehead atoms. The van der Waals surface area contributed by atoms with Gasteiger partial charge in [-0.05, 0) is 38.5 Å². The average molecular weight is 377 g/mol. The van der Waals surface area contributed by atoms with Crippen molar-refractivity contribution in [3.63, 3.8) is 0 Å². The van der Waals surface area contributed by atoms with Crippen molar-refractivity contribution in [3.8, 4) is 28.5 Å². The van der Waals surface area contributed by atoms with Crippen LogP contribution in [0.2, 0.25) is 0 Å². The van der Waals surface area contributed by atoms with E-state index in [1.807, 2.05) is 38.1 Å². The number of aromatic nitrogens is 5. The first-order chi connectivity index (χ1) is 13.5. The molecule has 2 N–H and O–H groups in total. The monoisotopic (exact) mass is 377 g/mol. The standard InChI is InChI=1S/C20H19N5O3/c1-10-16(11(2)23-25-19(10)26)13-5-7-14(8-6-13)28-20-17-12(3)22-24-18(17)15(27-4)9-21-20/h5-9H,1-4H3,(H,22,24)(H,25,26). The predicted octanol–water partition coefficient (Wildman–Crippen LogP) is 3.43.